The van der Waals surface area contributed by atoms with Gasteiger partial charge in [-0.3, -0.25) is 0 Å². The lowest BCUT2D eigenvalue weighted by molar-refractivity contribution is 0.412. The molecule has 3 heteroatoms. The maximum absolute atomic E-state index is 5.64. The molecule has 0 saturated heterocycles. The van der Waals surface area contributed by atoms with Crippen molar-refractivity contribution in [1.29, 1.82) is 0 Å². The fourth-order valence-corrected chi connectivity index (χ4v) is 2.54. The molecule has 1 aliphatic rings. The van der Waals surface area contributed by atoms with E-state index in [1.54, 1.807) is 6.39 Å². The summed E-state index contributed by atoms with van der Waals surface area (Å²) in [5, 5.41) is 3.47. The second-order valence-electron chi connectivity index (χ2n) is 6.22. The van der Waals surface area contributed by atoms with Crippen molar-refractivity contribution >= 4 is 0 Å². The molecule has 1 unspecified atom stereocenters. The normalized spacial score (nSPS) is 17.9. The molecule has 100 valence electrons. The molecule has 19 heavy (non-hydrogen) atoms. The Morgan fingerprint density at radius 2 is 2.11 bits per heavy atom. The number of nitrogens with zero attached hydrogens (tertiary/aromatic N) is 1. The Hall–Kier alpha value is -1.61. The minimum absolute atomic E-state index is 0.0910. The zero-order valence-corrected chi connectivity index (χ0v) is 11.7. The Balaban J connectivity index is 1.79. The summed E-state index contributed by atoms with van der Waals surface area (Å²) >= 11 is 0. The monoisotopic (exact) mass is 256 g/mol. The smallest absolute Gasteiger partial charge is 0.181 e. The number of hydrogen-bond acceptors (Lipinski definition) is 3. The number of nitrogens with one attached hydrogen (secondary N) is 1. The molecule has 0 saturated carbocycles. The van der Waals surface area contributed by atoms with Crippen LogP contribution >= 0.6 is 0 Å². The number of rotatable bonds is 3. The summed E-state index contributed by atoms with van der Waals surface area (Å²) in [5.41, 5.74) is 3.94. The summed E-state index contributed by atoms with van der Waals surface area (Å²) in [7, 11) is 0. The first kappa shape index (κ1) is 12.4. The summed E-state index contributed by atoms with van der Waals surface area (Å²) in [6.07, 6.45) is 2.63. The van der Waals surface area contributed by atoms with Crippen LogP contribution in [0.5, 0.6) is 0 Å². The molecule has 3 nitrogen and oxygen atoms in total. The zero-order chi connectivity index (χ0) is 13.5. The third-order valence-corrected chi connectivity index (χ3v) is 3.63. The van der Waals surface area contributed by atoms with Crippen molar-refractivity contribution in [1.82, 2.24) is 10.3 Å². The summed E-state index contributed by atoms with van der Waals surface area (Å²) in [6, 6.07) is 8.56. The van der Waals surface area contributed by atoms with Crippen molar-refractivity contribution in [2.75, 3.05) is 0 Å². The molecule has 0 radical (unpaired) electrons. The average Bonchev–Trinajstić information content (AvgIpc) is 2.75. The van der Waals surface area contributed by atoms with Gasteiger partial charge in [-0.15, -0.1) is 0 Å². The van der Waals surface area contributed by atoms with E-state index < -0.39 is 0 Å². The van der Waals surface area contributed by atoms with E-state index in [9.17, 15) is 0 Å². The Labute approximate surface area is 114 Å². The molecule has 1 aromatic carbocycles. The van der Waals surface area contributed by atoms with Crippen LogP contribution in [0.1, 0.15) is 49.3 Å². The predicted octanol–water partition coefficient (Wildman–Crippen LogP) is 3.25. The van der Waals surface area contributed by atoms with Gasteiger partial charge in [-0.2, -0.15) is 0 Å². The maximum atomic E-state index is 5.64. The van der Waals surface area contributed by atoms with E-state index in [0.29, 0.717) is 5.92 Å². The van der Waals surface area contributed by atoms with Gasteiger partial charge < -0.3 is 9.73 Å². The third-order valence-electron chi connectivity index (χ3n) is 3.63. The number of hydrogen-bond donors (Lipinski definition) is 1. The largest absolute Gasteiger partial charge is 0.447 e. The van der Waals surface area contributed by atoms with Crippen LogP contribution in [0.25, 0.3) is 0 Å². The molecule has 1 atom stereocenters. The highest BCUT2D eigenvalue weighted by atomic mass is 16.3. The van der Waals surface area contributed by atoms with E-state index >= 15 is 0 Å². The van der Waals surface area contributed by atoms with E-state index in [0.717, 1.165) is 24.4 Å². The number of oxazole rings is 1. The van der Waals surface area contributed by atoms with Gasteiger partial charge in [0.1, 0.15) is 5.76 Å². The molecular weight excluding hydrogens is 236 g/mol. The molecule has 0 fully saturated rings. The first-order valence-electron chi connectivity index (χ1n) is 6.80. The lowest BCUT2D eigenvalue weighted by Gasteiger charge is -2.29. The van der Waals surface area contributed by atoms with Crippen LogP contribution in [0.15, 0.2) is 35.1 Å². The Bertz CT molecular complexity index is 580. The van der Waals surface area contributed by atoms with Crippen LogP contribution in [0.2, 0.25) is 0 Å². The molecule has 0 aliphatic heterocycles. The molecule has 2 aromatic rings. The minimum Gasteiger partial charge on any atom is -0.447 e. The highest BCUT2D eigenvalue weighted by molar-refractivity contribution is 5.45. The molecule has 0 spiro atoms. The molecule has 0 amide bonds. The van der Waals surface area contributed by atoms with Crippen molar-refractivity contribution in [3.05, 3.63) is 53.2 Å². The fraction of sp³-hybridized carbons (Fsp3) is 0.438. The van der Waals surface area contributed by atoms with Gasteiger partial charge in [0.15, 0.2) is 6.39 Å². The number of fused-ring (bicyclic) bond motifs is 1. The van der Waals surface area contributed by atoms with E-state index in [-0.39, 0.29) is 5.54 Å². The van der Waals surface area contributed by atoms with E-state index in [4.69, 9.17) is 4.42 Å². The van der Waals surface area contributed by atoms with Gasteiger partial charge in [0.05, 0.1) is 5.69 Å². The Kier molecular flexibility index (Phi) is 2.94. The summed E-state index contributed by atoms with van der Waals surface area (Å²) in [5.74, 6) is 1.41. The van der Waals surface area contributed by atoms with Crippen LogP contribution in [0.4, 0.5) is 0 Å². The van der Waals surface area contributed by atoms with E-state index in [1.165, 1.54) is 11.1 Å². The van der Waals surface area contributed by atoms with Crippen LogP contribution in [-0.4, -0.2) is 10.5 Å². The van der Waals surface area contributed by atoms with Gasteiger partial charge in [-0.05, 0) is 38.3 Å². The zero-order valence-electron chi connectivity index (χ0n) is 11.7. The maximum Gasteiger partial charge on any atom is 0.181 e. The lowest BCUT2D eigenvalue weighted by atomic mass is 9.76. The van der Waals surface area contributed by atoms with Crippen molar-refractivity contribution < 1.29 is 4.42 Å². The van der Waals surface area contributed by atoms with E-state index in [1.807, 2.05) is 0 Å². The highest BCUT2D eigenvalue weighted by Gasteiger charge is 2.31. The van der Waals surface area contributed by atoms with E-state index in [2.05, 4.69) is 55.3 Å². The number of benzene rings is 1. The summed E-state index contributed by atoms with van der Waals surface area (Å²) in [4.78, 5) is 4.37. The van der Waals surface area contributed by atoms with Gasteiger partial charge in [-0.25, -0.2) is 4.98 Å². The van der Waals surface area contributed by atoms with Crippen LogP contribution < -0.4 is 5.32 Å². The van der Waals surface area contributed by atoms with Crippen molar-refractivity contribution in [2.45, 2.75) is 45.2 Å². The second kappa shape index (κ2) is 4.49. The predicted molar refractivity (Wildman–Crippen MR) is 75.1 cm³/mol. The van der Waals surface area contributed by atoms with Gasteiger partial charge in [-0.1, -0.05) is 24.3 Å². The van der Waals surface area contributed by atoms with Crippen LogP contribution in [-0.2, 0) is 13.0 Å². The summed E-state index contributed by atoms with van der Waals surface area (Å²) < 4.78 is 5.64. The molecular formula is C16H20N2O. The first-order chi connectivity index (χ1) is 9.04. The Morgan fingerprint density at radius 3 is 2.84 bits per heavy atom. The second-order valence-corrected chi connectivity index (χ2v) is 6.22. The number of aromatic nitrogens is 1. The molecule has 1 aliphatic carbocycles. The van der Waals surface area contributed by atoms with Gasteiger partial charge >= 0.3 is 0 Å². The minimum atomic E-state index is 0.0910. The van der Waals surface area contributed by atoms with Crippen molar-refractivity contribution in [2.24, 2.45) is 0 Å². The Morgan fingerprint density at radius 1 is 1.32 bits per heavy atom. The quantitative estimate of drug-likeness (QED) is 0.916. The van der Waals surface area contributed by atoms with Crippen molar-refractivity contribution in [3.8, 4) is 0 Å². The van der Waals surface area contributed by atoms with Gasteiger partial charge in [0.25, 0.3) is 0 Å². The molecule has 1 aromatic heterocycles. The SMILES string of the molecule is CC(C)(C)NCc1ncoc1C1Cc2ccccc21. The molecule has 1 N–H and O–H groups in total. The molecule has 1 heterocycles. The fourth-order valence-electron chi connectivity index (χ4n) is 2.54. The first-order valence-corrected chi connectivity index (χ1v) is 6.80. The standard InChI is InChI=1S/C16H20N2O/c1-16(2,3)18-9-14-15(19-10-17-14)13-8-11-6-4-5-7-12(11)13/h4-7,10,13,18H,8-9H2,1-3H3. The average molecular weight is 256 g/mol. The van der Waals surface area contributed by atoms with Gasteiger partial charge in [0, 0.05) is 18.0 Å². The van der Waals surface area contributed by atoms with Crippen LogP contribution in [0, 0.1) is 0 Å². The van der Waals surface area contributed by atoms with Crippen LogP contribution in [0.3, 0.4) is 0 Å². The summed E-state index contributed by atoms with van der Waals surface area (Å²) in [6.45, 7) is 7.23. The topological polar surface area (TPSA) is 38.1 Å². The van der Waals surface area contributed by atoms with Crippen molar-refractivity contribution in [3.63, 3.8) is 0 Å². The van der Waals surface area contributed by atoms with Gasteiger partial charge in [0.2, 0.25) is 0 Å². The third kappa shape index (κ3) is 2.43. The lowest BCUT2D eigenvalue weighted by Crippen LogP contribution is -2.35. The molecule has 0 bridgehead atoms. The molecule has 3 rings (SSSR count). The highest BCUT2D eigenvalue weighted by Crippen LogP contribution is 2.40.